The second-order valence-electron chi connectivity index (χ2n) is 4.57. The van der Waals surface area contributed by atoms with E-state index in [2.05, 4.69) is 5.32 Å². The van der Waals surface area contributed by atoms with Crippen LogP contribution in [-0.2, 0) is 14.3 Å². The Morgan fingerprint density at radius 1 is 1.59 bits per heavy atom. The largest absolute Gasteiger partial charge is 0.382 e. The molecular formula is C12H24N2O3. The predicted molar refractivity (Wildman–Crippen MR) is 65.6 cm³/mol. The first-order valence-electron chi connectivity index (χ1n) is 6.27. The van der Waals surface area contributed by atoms with Gasteiger partial charge in [0.2, 0.25) is 5.91 Å². The van der Waals surface area contributed by atoms with Crippen LogP contribution in [0.15, 0.2) is 0 Å². The number of carbonyl (C=O) groups is 1. The van der Waals surface area contributed by atoms with Crippen LogP contribution in [-0.4, -0.2) is 43.9 Å². The Bertz CT molecular complexity index is 246. The van der Waals surface area contributed by atoms with Gasteiger partial charge in [-0.1, -0.05) is 0 Å². The third-order valence-corrected chi connectivity index (χ3v) is 3.25. The second-order valence-corrected chi connectivity index (χ2v) is 4.57. The molecule has 0 spiro atoms. The summed E-state index contributed by atoms with van der Waals surface area (Å²) in [5.74, 6) is 0.0266. The van der Waals surface area contributed by atoms with Gasteiger partial charge in [-0.2, -0.15) is 0 Å². The highest BCUT2D eigenvalue weighted by Crippen LogP contribution is 2.22. The lowest BCUT2D eigenvalue weighted by Crippen LogP contribution is -2.64. The average Bonchev–Trinajstić information content (AvgIpc) is 2.32. The van der Waals surface area contributed by atoms with Crippen molar-refractivity contribution in [2.45, 2.75) is 57.4 Å². The fourth-order valence-electron chi connectivity index (χ4n) is 1.94. The molecule has 0 bridgehead atoms. The molecule has 0 aromatic heterocycles. The highest BCUT2D eigenvalue weighted by molar-refractivity contribution is 5.76. The zero-order chi connectivity index (χ0) is 12.8. The van der Waals surface area contributed by atoms with Crippen molar-refractivity contribution in [1.29, 1.82) is 0 Å². The molecule has 4 atom stereocenters. The molecule has 4 unspecified atom stereocenters. The molecule has 1 saturated carbocycles. The first kappa shape index (κ1) is 14.4. The van der Waals surface area contributed by atoms with Gasteiger partial charge in [-0.25, -0.2) is 0 Å². The molecule has 1 fully saturated rings. The molecule has 0 aliphatic heterocycles. The Kier molecular flexibility index (Phi) is 5.88. The molecule has 3 N–H and O–H groups in total. The summed E-state index contributed by atoms with van der Waals surface area (Å²) in [6.45, 7) is 4.55. The van der Waals surface area contributed by atoms with E-state index in [9.17, 15) is 4.79 Å². The summed E-state index contributed by atoms with van der Waals surface area (Å²) in [6.07, 6.45) is 2.21. The fourth-order valence-corrected chi connectivity index (χ4v) is 1.94. The highest BCUT2D eigenvalue weighted by Gasteiger charge is 2.40. The summed E-state index contributed by atoms with van der Waals surface area (Å²) >= 11 is 0. The molecule has 5 heteroatoms. The Morgan fingerprint density at radius 2 is 2.29 bits per heavy atom. The topological polar surface area (TPSA) is 73.6 Å². The van der Waals surface area contributed by atoms with Crippen LogP contribution in [0.25, 0.3) is 0 Å². The predicted octanol–water partition coefficient (Wildman–Crippen LogP) is 0.422. The van der Waals surface area contributed by atoms with Crippen molar-refractivity contribution >= 4 is 5.91 Å². The second kappa shape index (κ2) is 6.93. The number of amides is 1. The van der Waals surface area contributed by atoms with Crippen molar-refractivity contribution in [3.8, 4) is 0 Å². The summed E-state index contributed by atoms with van der Waals surface area (Å²) in [4.78, 5) is 11.7. The molecule has 0 radical (unpaired) electrons. The summed E-state index contributed by atoms with van der Waals surface area (Å²) in [7, 11) is 1.65. The van der Waals surface area contributed by atoms with Gasteiger partial charge in [0.25, 0.3) is 0 Å². The number of ether oxygens (including phenoxy) is 2. The van der Waals surface area contributed by atoms with E-state index in [0.717, 1.165) is 12.8 Å². The van der Waals surface area contributed by atoms with Crippen LogP contribution in [0.3, 0.4) is 0 Å². The molecule has 0 heterocycles. The van der Waals surface area contributed by atoms with Gasteiger partial charge in [0, 0.05) is 26.2 Å². The van der Waals surface area contributed by atoms with Gasteiger partial charge in [0.05, 0.1) is 18.2 Å². The summed E-state index contributed by atoms with van der Waals surface area (Å²) in [6, 6.07) is -0.00403. The van der Waals surface area contributed by atoms with Gasteiger partial charge in [-0.3, -0.25) is 4.79 Å². The maximum atomic E-state index is 11.7. The standard InChI is InChI=1S/C12H24N2O3/c1-4-17-10-7-9(13)12(10)14-11(15)6-5-8(2)16-3/h8-10,12H,4-7,13H2,1-3H3,(H,14,15). The lowest BCUT2D eigenvalue weighted by Gasteiger charge is -2.42. The van der Waals surface area contributed by atoms with E-state index in [1.165, 1.54) is 0 Å². The van der Waals surface area contributed by atoms with E-state index in [1.54, 1.807) is 7.11 Å². The van der Waals surface area contributed by atoms with Gasteiger partial charge in [0.15, 0.2) is 0 Å². The minimum Gasteiger partial charge on any atom is -0.382 e. The molecule has 100 valence electrons. The minimum atomic E-state index is -0.0275. The van der Waals surface area contributed by atoms with Crippen molar-refractivity contribution in [3.63, 3.8) is 0 Å². The molecule has 5 nitrogen and oxygen atoms in total. The Balaban J connectivity index is 2.25. The molecule has 1 amide bonds. The van der Waals surface area contributed by atoms with E-state index in [0.29, 0.717) is 13.0 Å². The zero-order valence-electron chi connectivity index (χ0n) is 10.9. The van der Waals surface area contributed by atoms with Gasteiger partial charge in [0.1, 0.15) is 0 Å². The van der Waals surface area contributed by atoms with Gasteiger partial charge < -0.3 is 20.5 Å². The van der Waals surface area contributed by atoms with Gasteiger partial charge >= 0.3 is 0 Å². The van der Waals surface area contributed by atoms with E-state index < -0.39 is 0 Å². The SMILES string of the molecule is CCOC1CC(N)C1NC(=O)CCC(C)OC. The molecular weight excluding hydrogens is 220 g/mol. The van der Waals surface area contributed by atoms with Crippen molar-refractivity contribution < 1.29 is 14.3 Å². The van der Waals surface area contributed by atoms with Crippen LogP contribution in [0.4, 0.5) is 0 Å². The zero-order valence-corrected chi connectivity index (χ0v) is 10.9. The lowest BCUT2D eigenvalue weighted by atomic mass is 9.83. The molecule has 0 saturated heterocycles. The Labute approximate surface area is 103 Å². The number of carbonyl (C=O) groups excluding carboxylic acids is 1. The van der Waals surface area contributed by atoms with Crippen LogP contribution in [0.1, 0.15) is 33.1 Å². The fraction of sp³-hybridized carbons (Fsp3) is 0.917. The van der Waals surface area contributed by atoms with Crippen molar-refractivity contribution in [2.75, 3.05) is 13.7 Å². The Morgan fingerprint density at radius 3 is 2.82 bits per heavy atom. The average molecular weight is 244 g/mol. The van der Waals surface area contributed by atoms with Crippen molar-refractivity contribution in [1.82, 2.24) is 5.32 Å². The normalized spacial score (nSPS) is 29.5. The lowest BCUT2D eigenvalue weighted by molar-refractivity contribution is -0.126. The summed E-state index contributed by atoms with van der Waals surface area (Å²) in [5.41, 5.74) is 5.85. The molecule has 1 aliphatic carbocycles. The molecule has 17 heavy (non-hydrogen) atoms. The van der Waals surface area contributed by atoms with E-state index in [4.69, 9.17) is 15.2 Å². The van der Waals surface area contributed by atoms with E-state index in [-0.39, 0.29) is 30.2 Å². The van der Waals surface area contributed by atoms with Crippen LogP contribution >= 0.6 is 0 Å². The van der Waals surface area contributed by atoms with Crippen molar-refractivity contribution in [2.24, 2.45) is 5.73 Å². The highest BCUT2D eigenvalue weighted by atomic mass is 16.5. The van der Waals surface area contributed by atoms with Crippen LogP contribution in [0, 0.1) is 0 Å². The number of nitrogens with one attached hydrogen (secondary N) is 1. The molecule has 0 aromatic carbocycles. The maximum Gasteiger partial charge on any atom is 0.220 e. The molecule has 0 aromatic rings. The number of rotatable bonds is 7. The number of methoxy groups -OCH3 is 1. The van der Waals surface area contributed by atoms with Crippen LogP contribution in [0.5, 0.6) is 0 Å². The third-order valence-electron chi connectivity index (χ3n) is 3.25. The third kappa shape index (κ3) is 4.26. The number of nitrogens with two attached hydrogens (primary N) is 1. The van der Waals surface area contributed by atoms with Crippen LogP contribution in [0.2, 0.25) is 0 Å². The number of hydrogen-bond acceptors (Lipinski definition) is 4. The smallest absolute Gasteiger partial charge is 0.220 e. The monoisotopic (exact) mass is 244 g/mol. The van der Waals surface area contributed by atoms with E-state index in [1.807, 2.05) is 13.8 Å². The quantitative estimate of drug-likeness (QED) is 0.681. The summed E-state index contributed by atoms with van der Waals surface area (Å²) < 4.78 is 10.6. The van der Waals surface area contributed by atoms with Crippen molar-refractivity contribution in [3.05, 3.63) is 0 Å². The first-order valence-corrected chi connectivity index (χ1v) is 6.27. The molecule has 1 rings (SSSR count). The molecule has 1 aliphatic rings. The first-order chi connectivity index (χ1) is 8.08. The van der Waals surface area contributed by atoms with Gasteiger partial charge in [-0.15, -0.1) is 0 Å². The summed E-state index contributed by atoms with van der Waals surface area (Å²) in [5, 5.41) is 2.94. The number of hydrogen-bond donors (Lipinski definition) is 2. The Hall–Kier alpha value is -0.650. The maximum absolute atomic E-state index is 11.7. The minimum absolute atomic E-state index is 0.0235. The van der Waals surface area contributed by atoms with Crippen LogP contribution < -0.4 is 11.1 Å². The van der Waals surface area contributed by atoms with E-state index >= 15 is 0 Å². The van der Waals surface area contributed by atoms with Gasteiger partial charge in [-0.05, 0) is 26.7 Å².